The second kappa shape index (κ2) is 6.10. The van der Waals surface area contributed by atoms with Crippen LogP contribution in [-0.4, -0.2) is 19.7 Å². The predicted molar refractivity (Wildman–Crippen MR) is 87.4 cm³/mol. The van der Waals surface area contributed by atoms with E-state index in [0.717, 1.165) is 35.1 Å². The SMILES string of the molecule is CCCc1nn(C)c2c(N)nc(-c3ccccc3)nc12.Cl. The fourth-order valence-electron chi connectivity index (χ4n) is 2.39. The van der Waals surface area contributed by atoms with Crippen LogP contribution in [0.3, 0.4) is 0 Å². The predicted octanol–water partition coefficient (Wildman–Crippen LogP) is 2.99. The van der Waals surface area contributed by atoms with Crippen LogP contribution in [0.15, 0.2) is 30.3 Å². The van der Waals surface area contributed by atoms with Crippen molar-refractivity contribution < 1.29 is 0 Å². The lowest BCUT2D eigenvalue weighted by molar-refractivity contribution is 0.753. The summed E-state index contributed by atoms with van der Waals surface area (Å²) in [5, 5.41) is 4.51. The quantitative estimate of drug-likeness (QED) is 0.807. The Morgan fingerprint density at radius 1 is 1.14 bits per heavy atom. The maximum atomic E-state index is 6.09. The van der Waals surface area contributed by atoms with Crippen molar-refractivity contribution >= 4 is 29.3 Å². The summed E-state index contributed by atoms with van der Waals surface area (Å²) in [4.78, 5) is 9.08. The molecule has 2 aromatic heterocycles. The average molecular weight is 304 g/mol. The zero-order valence-electron chi connectivity index (χ0n) is 12.1. The Labute approximate surface area is 129 Å². The molecule has 5 nitrogen and oxygen atoms in total. The Morgan fingerprint density at radius 2 is 1.86 bits per heavy atom. The summed E-state index contributed by atoms with van der Waals surface area (Å²) in [7, 11) is 1.88. The molecule has 2 N–H and O–H groups in total. The first-order valence-corrected chi connectivity index (χ1v) is 6.75. The van der Waals surface area contributed by atoms with Gasteiger partial charge in [0.15, 0.2) is 11.6 Å². The zero-order chi connectivity index (χ0) is 14.1. The van der Waals surface area contributed by atoms with Crippen molar-refractivity contribution in [1.29, 1.82) is 0 Å². The van der Waals surface area contributed by atoms with Crippen LogP contribution in [0, 0.1) is 0 Å². The molecule has 2 heterocycles. The summed E-state index contributed by atoms with van der Waals surface area (Å²) in [5.74, 6) is 1.13. The van der Waals surface area contributed by atoms with Gasteiger partial charge in [0.1, 0.15) is 11.0 Å². The number of rotatable bonds is 3. The van der Waals surface area contributed by atoms with Crippen LogP contribution in [-0.2, 0) is 13.5 Å². The van der Waals surface area contributed by atoms with Gasteiger partial charge in [0.25, 0.3) is 0 Å². The van der Waals surface area contributed by atoms with Gasteiger partial charge in [-0.2, -0.15) is 5.10 Å². The summed E-state index contributed by atoms with van der Waals surface area (Å²) in [6.45, 7) is 2.13. The van der Waals surface area contributed by atoms with Crippen LogP contribution >= 0.6 is 12.4 Å². The molecule has 1 aromatic carbocycles. The summed E-state index contributed by atoms with van der Waals surface area (Å²) in [6, 6.07) is 9.87. The largest absolute Gasteiger partial charge is 0.382 e. The third-order valence-electron chi connectivity index (χ3n) is 3.30. The number of benzene rings is 1. The molecule has 0 amide bonds. The normalized spacial score (nSPS) is 10.6. The number of aromatic nitrogens is 4. The third kappa shape index (κ3) is 2.69. The molecule has 0 radical (unpaired) electrons. The highest BCUT2D eigenvalue weighted by molar-refractivity contribution is 5.88. The Bertz CT molecular complexity index is 752. The first-order chi connectivity index (χ1) is 9.70. The molecule has 3 aromatic rings. The van der Waals surface area contributed by atoms with Crippen molar-refractivity contribution in [1.82, 2.24) is 19.7 Å². The van der Waals surface area contributed by atoms with E-state index in [9.17, 15) is 0 Å². The Morgan fingerprint density at radius 3 is 2.52 bits per heavy atom. The highest BCUT2D eigenvalue weighted by Crippen LogP contribution is 2.25. The molecule has 0 aliphatic rings. The van der Waals surface area contributed by atoms with E-state index in [1.165, 1.54) is 0 Å². The van der Waals surface area contributed by atoms with Crippen molar-refractivity contribution in [3.63, 3.8) is 0 Å². The molecular weight excluding hydrogens is 286 g/mol. The third-order valence-corrected chi connectivity index (χ3v) is 3.30. The average Bonchev–Trinajstić information content (AvgIpc) is 2.77. The number of nitrogens with zero attached hydrogens (tertiary/aromatic N) is 4. The molecule has 21 heavy (non-hydrogen) atoms. The molecule has 0 fully saturated rings. The molecular formula is C15H18ClN5. The van der Waals surface area contributed by atoms with Crippen molar-refractivity contribution in [2.45, 2.75) is 19.8 Å². The Kier molecular flexibility index (Phi) is 4.43. The number of nitrogen functional groups attached to an aromatic ring is 1. The van der Waals surface area contributed by atoms with Gasteiger partial charge in [0.2, 0.25) is 0 Å². The molecule has 0 unspecified atom stereocenters. The topological polar surface area (TPSA) is 69.6 Å². The fraction of sp³-hybridized carbons (Fsp3) is 0.267. The molecule has 0 saturated carbocycles. The number of aryl methyl sites for hydroxylation is 2. The molecule has 0 spiro atoms. The van der Waals surface area contributed by atoms with Gasteiger partial charge in [-0.1, -0.05) is 43.7 Å². The van der Waals surface area contributed by atoms with Gasteiger partial charge in [-0.15, -0.1) is 12.4 Å². The molecule has 0 aliphatic heterocycles. The zero-order valence-corrected chi connectivity index (χ0v) is 12.9. The lowest BCUT2D eigenvalue weighted by Crippen LogP contribution is -2.00. The summed E-state index contributed by atoms with van der Waals surface area (Å²) in [5.41, 5.74) is 9.72. The first-order valence-electron chi connectivity index (χ1n) is 6.75. The number of hydrogen-bond acceptors (Lipinski definition) is 4. The van der Waals surface area contributed by atoms with E-state index in [2.05, 4.69) is 22.0 Å². The minimum atomic E-state index is 0. The van der Waals surface area contributed by atoms with E-state index in [4.69, 9.17) is 5.73 Å². The fourth-order valence-corrected chi connectivity index (χ4v) is 2.39. The van der Waals surface area contributed by atoms with Crippen LogP contribution in [0.5, 0.6) is 0 Å². The number of halogens is 1. The maximum absolute atomic E-state index is 6.09. The molecule has 0 atom stereocenters. The van der Waals surface area contributed by atoms with E-state index in [-0.39, 0.29) is 12.4 Å². The lowest BCUT2D eigenvalue weighted by atomic mass is 10.2. The maximum Gasteiger partial charge on any atom is 0.162 e. The van der Waals surface area contributed by atoms with Crippen LogP contribution in [0.25, 0.3) is 22.4 Å². The van der Waals surface area contributed by atoms with Gasteiger partial charge in [0.05, 0.1) is 5.69 Å². The van der Waals surface area contributed by atoms with Crippen molar-refractivity contribution in [2.75, 3.05) is 5.73 Å². The highest BCUT2D eigenvalue weighted by atomic mass is 35.5. The van der Waals surface area contributed by atoms with E-state index in [1.807, 2.05) is 37.4 Å². The van der Waals surface area contributed by atoms with Gasteiger partial charge in [-0.25, -0.2) is 9.97 Å². The minimum Gasteiger partial charge on any atom is -0.382 e. The van der Waals surface area contributed by atoms with Crippen molar-refractivity contribution in [2.24, 2.45) is 7.05 Å². The van der Waals surface area contributed by atoms with Gasteiger partial charge < -0.3 is 5.73 Å². The van der Waals surface area contributed by atoms with Crippen molar-refractivity contribution in [3.05, 3.63) is 36.0 Å². The van der Waals surface area contributed by atoms with E-state index in [1.54, 1.807) is 4.68 Å². The number of hydrogen-bond donors (Lipinski definition) is 1. The highest BCUT2D eigenvalue weighted by Gasteiger charge is 2.15. The molecule has 6 heteroatoms. The van der Waals surface area contributed by atoms with Crippen LogP contribution in [0.2, 0.25) is 0 Å². The van der Waals surface area contributed by atoms with Crippen molar-refractivity contribution in [3.8, 4) is 11.4 Å². The minimum absolute atomic E-state index is 0. The molecule has 110 valence electrons. The molecule has 0 bridgehead atoms. The van der Waals surface area contributed by atoms with Gasteiger partial charge in [-0.05, 0) is 6.42 Å². The number of fused-ring (bicyclic) bond motifs is 1. The second-order valence-corrected chi connectivity index (χ2v) is 4.82. The lowest BCUT2D eigenvalue weighted by Gasteiger charge is -2.03. The first kappa shape index (κ1) is 15.3. The van der Waals surface area contributed by atoms with Crippen LogP contribution in [0.4, 0.5) is 5.82 Å². The van der Waals surface area contributed by atoms with Gasteiger partial charge in [0, 0.05) is 12.6 Å². The summed E-state index contributed by atoms with van der Waals surface area (Å²) < 4.78 is 1.77. The summed E-state index contributed by atoms with van der Waals surface area (Å²) >= 11 is 0. The number of nitrogens with two attached hydrogens (primary N) is 1. The van der Waals surface area contributed by atoms with Gasteiger partial charge in [-0.3, -0.25) is 4.68 Å². The standard InChI is InChI=1S/C15H17N5.ClH/c1-3-7-11-12-13(20(2)19-11)14(16)18-15(17-12)10-8-5-4-6-9-10;/h4-6,8-9H,3,7H2,1-2H3,(H2,16,17,18);1H. The molecule has 3 rings (SSSR count). The Balaban J connectivity index is 0.00000161. The number of anilines is 1. The second-order valence-electron chi connectivity index (χ2n) is 4.82. The smallest absolute Gasteiger partial charge is 0.162 e. The van der Waals surface area contributed by atoms with E-state index < -0.39 is 0 Å². The van der Waals surface area contributed by atoms with Crippen LogP contribution < -0.4 is 5.73 Å². The molecule has 0 aliphatic carbocycles. The van der Waals surface area contributed by atoms with Crippen LogP contribution in [0.1, 0.15) is 19.0 Å². The molecule has 0 saturated heterocycles. The van der Waals surface area contributed by atoms with E-state index in [0.29, 0.717) is 11.6 Å². The summed E-state index contributed by atoms with van der Waals surface area (Å²) in [6.07, 6.45) is 1.92. The van der Waals surface area contributed by atoms with E-state index >= 15 is 0 Å². The Hall–Kier alpha value is -2.14. The van der Waals surface area contributed by atoms with Gasteiger partial charge >= 0.3 is 0 Å². The monoisotopic (exact) mass is 303 g/mol.